The first-order valence-electron chi connectivity index (χ1n) is 8.49. The minimum Gasteiger partial charge on any atom is -0.495 e. The average molecular weight is 396 g/mol. The van der Waals surface area contributed by atoms with E-state index in [1.807, 2.05) is 18.2 Å². The third-order valence-electron chi connectivity index (χ3n) is 3.98. The minimum absolute atomic E-state index is 0.269. The van der Waals surface area contributed by atoms with Crippen molar-refractivity contribution in [3.8, 4) is 5.75 Å². The lowest BCUT2D eigenvalue weighted by atomic mass is 10.1. The van der Waals surface area contributed by atoms with Gasteiger partial charge in [0.05, 0.1) is 23.9 Å². The molecule has 1 heterocycles. The van der Waals surface area contributed by atoms with Gasteiger partial charge in [0.2, 0.25) is 0 Å². The van der Waals surface area contributed by atoms with Crippen molar-refractivity contribution < 1.29 is 14.3 Å². The summed E-state index contributed by atoms with van der Waals surface area (Å²) in [6.45, 7) is 0.341. The van der Waals surface area contributed by atoms with Crippen LogP contribution >= 0.6 is 11.6 Å². The number of benzene rings is 2. The second kappa shape index (κ2) is 9.01. The molecule has 0 aliphatic carbocycles. The molecule has 3 rings (SSSR count). The lowest BCUT2D eigenvalue weighted by Gasteiger charge is -2.10. The maximum atomic E-state index is 12.5. The standard InChI is InChI=1S/C21H18ClN3O3/c1-28-19-5-3-2-4-18(19)25-21(27)16-10-15(12-23-13-16)20(26)24-11-14-6-8-17(22)9-7-14/h2-10,12-13H,11H2,1H3,(H,24,26)(H,25,27). The predicted molar refractivity (Wildman–Crippen MR) is 108 cm³/mol. The van der Waals surface area contributed by atoms with E-state index >= 15 is 0 Å². The van der Waals surface area contributed by atoms with Gasteiger partial charge in [-0.2, -0.15) is 0 Å². The first-order valence-corrected chi connectivity index (χ1v) is 8.86. The number of methoxy groups -OCH3 is 1. The number of hydrogen-bond acceptors (Lipinski definition) is 4. The number of nitrogens with one attached hydrogen (secondary N) is 2. The summed E-state index contributed by atoms with van der Waals surface area (Å²) in [6.07, 6.45) is 2.82. The van der Waals surface area contributed by atoms with Gasteiger partial charge in [-0.3, -0.25) is 14.6 Å². The van der Waals surface area contributed by atoms with Crippen LogP contribution in [0, 0.1) is 0 Å². The van der Waals surface area contributed by atoms with E-state index in [2.05, 4.69) is 15.6 Å². The van der Waals surface area contributed by atoms with Crippen molar-refractivity contribution >= 4 is 29.1 Å². The molecule has 0 aliphatic rings. The maximum Gasteiger partial charge on any atom is 0.257 e. The largest absolute Gasteiger partial charge is 0.495 e. The minimum atomic E-state index is -0.385. The fourth-order valence-electron chi connectivity index (χ4n) is 2.52. The van der Waals surface area contributed by atoms with Crippen LogP contribution in [0.25, 0.3) is 0 Å². The molecule has 1 aromatic heterocycles. The van der Waals surface area contributed by atoms with Crippen molar-refractivity contribution in [2.45, 2.75) is 6.54 Å². The van der Waals surface area contributed by atoms with Gasteiger partial charge in [-0.1, -0.05) is 35.9 Å². The number of hydrogen-bond donors (Lipinski definition) is 2. The van der Waals surface area contributed by atoms with Crippen LogP contribution in [0.15, 0.2) is 67.0 Å². The highest BCUT2D eigenvalue weighted by Crippen LogP contribution is 2.23. The molecule has 0 unspecified atom stereocenters. The zero-order chi connectivity index (χ0) is 19.9. The van der Waals surface area contributed by atoms with Crippen LogP contribution in [0.3, 0.4) is 0 Å². The number of halogens is 1. The number of ether oxygens (including phenoxy) is 1. The number of aromatic nitrogens is 1. The summed E-state index contributed by atoms with van der Waals surface area (Å²) in [5.41, 5.74) is 2.01. The normalized spacial score (nSPS) is 10.2. The van der Waals surface area contributed by atoms with E-state index in [1.54, 1.807) is 30.3 Å². The molecule has 0 saturated heterocycles. The number of amides is 2. The van der Waals surface area contributed by atoms with E-state index in [0.29, 0.717) is 28.6 Å². The topological polar surface area (TPSA) is 80.3 Å². The summed E-state index contributed by atoms with van der Waals surface area (Å²) in [4.78, 5) is 28.9. The molecule has 0 radical (unpaired) electrons. The Bertz CT molecular complexity index is 990. The summed E-state index contributed by atoms with van der Waals surface area (Å²) in [6, 6.07) is 15.7. The number of para-hydroxylation sites is 2. The van der Waals surface area contributed by atoms with Crippen LogP contribution < -0.4 is 15.4 Å². The fourth-order valence-corrected chi connectivity index (χ4v) is 2.64. The van der Waals surface area contributed by atoms with E-state index in [9.17, 15) is 9.59 Å². The number of anilines is 1. The van der Waals surface area contributed by atoms with Gasteiger partial charge in [0.15, 0.2) is 0 Å². The molecule has 6 nitrogen and oxygen atoms in total. The molecule has 2 N–H and O–H groups in total. The molecular formula is C21H18ClN3O3. The van der Waals surface area contributed by atoms with E-state index in [0.717, 1.165) is 5.56 Å². The highest BCUT2D eigenvalue weighted by atomic mass is 35.5. The Morgan fingerprint density at radius 2 is 1.68 bits per heavy atom. The third kappa shape index (κ3) is 4.86. The van der Waals surface area contributed by atoms with Gasteiger partial charge in [-0.05, 0) is 35.9 Å². The van der Waals surface area contributed by atoms with Crippen molar-refractivity contribution in [3.05, 3.63) is 88.7 Å². The lowest BCUT2D eigenvalue weighted by Crippen LogP contribution is -2.23. The Morgan fingerprint density at radius 3 is 2.39 bits per heavy atom. The second-order valence-electron chi connectivity index (χ2n) is 5.93. The average Bonchev–Trinajstić information content (AvgIpc) is 2.73. The summed E-state index contributed by atoms with van der Waals surface area (Å²) in [5.74, 6) is -0.167. The molecule has 7 heteroatoms. The van der Waals surface area contributed by atoms with Gasteiger partial charge in [0.25, 0.3) is 11.8 Å². The zero-order valence-corrected chi connectivity index (χ0v) is 15.9. The molecule has 0 aliphatic heterocycles. The van der Waals surface area contributed by atoms with Crippen LogP contribution in [0.4, 0.5) is 5.69 Å². The van der Waals surface area contributed by atoms with Crippen molar-refractivity contribution in [1.29, 1.82) is 0 Å². The number of pyridine rings is 1. The van der Waals surface area contributed by atoms with E-state index in [1.165, 1.54) is 25.6 Å². The number of nitrogens with zero attached hydrogens (tertiary/aromatic N) is 1. The van der Waals surface area contributed by atoms with Gasteiger partial charge < -0.3 is 15.4 Å². The highest BCUT2D eigenvalue weighted by Gasteiger charge is 2.13. The lowest BCUT2D eigenvalue weighted by molar-refractivity contribution is 0.0950. The van der Waals surface area contributed by atoms with Crippen LogP contribution in [-0.2, 0) is 6.54 Å². The first kappa shape index (κ1) is 19.4. The van der Waals surface area contributed by atoms with Gasteiger partial charge in [-0.15, -0.1) is 0 Å². The molecule has 2 amide bonds. The number of carbonyl (C=O) groups excluding carboxylic acids is 2. The number of carbonyl (C=O) groups is 2. The summed E-state index contributed by atoms with van der Waals surface area (Å²) >= 11 is 5.85. The molecule has 28 heavy (non-hydrogen) atoms. The maximum absolute atomic E-state index is 12.5. The van der Waals surface area contributed by atoms with Crippen LogP contribution in [0.2, 0.25) is 5.02 Å². The summed E-state index contributed by atoms with van der Waals surface area (Å²) < 4.78 is 5.22. The van der Waals surface area contributed by atoms with E-state index in [-0.39, 0.29) is 17.4 Å². The van der Waals surface area contributed by atoms with Crippen LogP contribution in [-0.4, -0.2) is 23.9 Å². The van der Waals surface area contributed by atoms with Crippen LogP contribution in [0.1, 0.15) is 26.3 Å². The summed E-state index contributed by atoms with van der Waals surface area (Å²) in [7, 11) is 1.53. The molecule has 142 valence electrons. The van der Waals surface area contributed by atoms with Crippen LogP contribution in [0.5, 0.6) is 5.75 Å². The van der Waals surface area contributed by atoms with Gasteiger partial charge in [-0.25, -0.2) is 0 Å². The predicted octanol–water partition coefficient (Wildman–Crippen LogP) is 3.93. The van der Waals surface area contributed by atoms with Crippen molar-refractivity contribution in [1.82, 2.24) is 10.3 Å². The molecule has 0 atom stereocenters. The quantitative estimate of drug-likeness (QED) is 0.662. The van der Waals surface area contributed by atoms with Crippen molar-refractivity contribution in [3.63, 3.8) is 0 Å². The molecule has 2 aromatic carbocycles. The molecule has 3 aromatic rings. The Kier molecular flexibility index (Phi) is 6.24. The Labute approximate surface area is 167 Å². The molecule has 0 bridgehead atoms. The third-order valence-corrected chi connectivity index (χ3v) is 4.24. The van der Waals surface area contributed by atoms with E-state index < -0.39 is 0 Å². The smallest absolute Gasteiger partial charge is 0.257 e. The van der Waals surface area contributed by atoms with Crippen molar-refractivity contribution in [2.75, 3.05) is 12.4 Å². The van der Waals surface area contributed by atoms with Crippen molar-refractivity contribution in [2.24, 2.45) is 0 Å². The van der Waals surface area contributed by atoms with Gasteiger partial charge in [0, 0.05) is 24.0 Å². The summed E-state index contributed by atoms with van der Waals surface area (Å²) in [5, 5.41) is 6.19. The second-order valence-corrected chi connectivity index (χ2v) is 6.36. The van der Waals surface area contributed by atoms with Gasteiger partial charge in [0.1, 0.15) is 5.75 Å². The monoisotopic (exact) mass is 395 g/mol. The SMILES string of the molecule is COc1ccccc1NC(=O)c1cncc(C(=O)NCc2ccc(Cl)cc2)c1. The number of rotatable bonds is 6. The zero-order valence-electron chi connectivity index (χ0n) is 15.1. The Morgan fingerprint density at radius 1 is 1.00 bits per heavy atom. The first-order chi connectivity index (χ1) is 13.6. The molecular weight excluding hydrogens is 378 g/mol. The fraction of sp³-hybridized carbons (Fsp3) is 0.0952. The van der Waals surface area contributed by atoms with E-state index in [4.69, 9.17) is 16.3 Å². The molecule has 0 fully saturated rings. The molecule has 0 spiro atoms. The molecule has 0 saturated carbocycles. The highest BCUT2D eigenvalue weighted by molar-refractivity contribution is 6.30. The van der Waals surface area contributed by atoms with Gasteiger partial charge >= 0.3 is 0 Å². The Hall–Kier alpha value is -3.38. The Balaban J connectivity index is 1.68.